The highest BCUT2D eigenvalue weighted by Gasteiger charge is 2.21. The molecule has 0 aliphatic carbocycles. The van der Waals surface area contributed by atoms with E-state index in [2.05, 4.69) is 15.3 Å². The minimum atomic E-state index is -1.11. The maximum atomic E-state index is 11.4. The van der Waals surface area contributed by atoms with Crippen LogP contribution in [0.5, 0.6) is 0 Å². The third kappa shape index (κ3) is 2.35. The highest BCUT2D eigenvalue weighted by molar-refractivity contribution is 5.93. The number of nitrogens with zero attached hydrogens (tertiary/aromatic N) is 4. The first-order chi connectivity index (χ1) is 10.6. The van der Waals surface area contributed by atoms with Crippen molar-refractivity contribution < 1.29 is 9.90 Å². The zero-order valence-electron chi connectivity index (χ0n) is 12.2. The molecule has 0 unspecified atom stereocenters. The molecule has 0 aliphatic heterocycles. The Morgan fingerprint density at radius 3 is 2.45 bits per heavy atom. The number of carboxylic acids is 1. The second-order valence-electron chi connectivity index (χ2n) is 5.01. The first-order valence-corrected chi connectivity index (χ1v) is 6.75. The van der Waals surface area contributed by atoms with E-state index in [1.807, 2.05) is 32.0 Å². The first-order valence-electron chi connectivity index (χ1n) is 6.75. The summed E-state index contributed by atoms with van der Waals surface area (Å²) >= 11 is 0. The molecule has 0 aliphatic rings. The van der Waals surface area contributed by atoms with E-state index in [4.69, 9.17) is 0 Å². The number of hydrogen-bond donors (Lipinski definition) is 1. The smallest absolute Gasteiger partial charge is 0.358 e. The van der Waals surface area contributed by atoms with Crippen molar-refractivity contribution >= 4 is 5.97 Å². The topological polar surface area (TPSA) is 80.9 Å². The Labute approximate surface area is 127 Å². The van der Waals surface area contributed by atoms with Crippen LogP contribution < -0.4 is 0 Å². The van der Waals surface area contributed by atoms with Crippen molar-refractivity contribution in [2.45, 2.75) is 13.8 Å². The number of carbonyl (C=O) groups is 1. The van der Waals surface area contributed by atoms with Crippen LogP contribution in [0, 0.1) is 13.8 Å². The molecular weight excluding hydrogens is 280 g/mol. The van der Waals surface area contributed by atoms with E-state index in [0.717, 1.165) is 16.8 Å². The van der Waals surface area contributed by atoms with Crippen molar-refractivity contribution in [1.29, 1.82) is 0 Å². The lowest BCUT2D eigenvalue weighted by Gasteiger charge is -2.09. The first kappa shape index (κ1) is 13.9. The summed E-state index contributed by atoms with van der Waals surface area (Å²) in [6, 6.07) is 9.31. The van der Waals surface area contributed by atoms with Gasteiger partial charge in [-0.05, 0) is 49.2 Å². The lowest BCUT2D eigenvalue weighted by molar-refractivity contribution is 0.0691. The monoisotopic (exact) mass is 294 g/mol. The summed E-state index contributed by atoms with van der Waals surface area (Å²) in [6.07, 6.45) is 3.22. The number of carboxylic acid groups (broad SMARTS) is 1. The van der Waals surface area contributed by atoms with Gasteiger partial charge in [0.25, 0.3) is 0 Å². The highest BCUT2D eigenvalue weighted by atomic mass is 16.4. The number of aryl methyl sites for hydroxylation is 2. The lowest BCUT2D eigenvalue weighted by atomic mass is 10.1. The van der Waals surface area contributed by atoms with Crippen molar-refractivity contribution in [2.75, 3.05) is 0 Å². The molecule has 6 heteroatoms. The summed E-state index contributed by atoms with van der Waals surface area (Å²) in [5.41, 5.74) is 4.10. The summed E-state index contributed by atoms with van der Waals surface area (Å²) in [6.45, 7) is 4.02. The number of rotatable bonds is 3. The van der Waals surface area contributed by atoms with Crippen molar-refractivity contribution in [2.24, 2.45) is 0 Å². The Morgan fingerprint density at radius 1 is 1.09 bits per heavy atom. The van der Waals surface area contributed by atoms with Crippen LogP contribution >= 0.6 is 0 Å². The molecule has 0 atom stereocenters. The van der Waals surface area contributed by atoms with Crippen LogP contribution in [0.25, 0.3) is 16.9 Å². The van der Waals surface area contributed by atoms with Crippen LogP contribution in [-0.4, -0.2) is 31.1 Å². The van der Waals surface area contributed by atoms with E-state index < -0.39 is 5.97 Å². The largest absolute Gasteiger partial charge is 0.476 e. The summed E-state index contributed by atoms with van der Waals surface area (Å²) in [5.74, 6) is -1.11. The number of aromatic carboxylic acids is 1. The van der Waals surface area contributed by atoms with Gasteiger partial charge in [0.2, 0.25) is 0 Å². The molecular formula is C16H14N4O2. The van der Waals surface area contributed by atoms with Gasteiger partial charge in [0, 0.05) is 18.0 Å². The average molecular weight is 294 g/mol. The van der Waals surface area contributed by atoms with E-state index in [1.165, 1.54) is 0 Å². The van der Waals surface area contributed by atoms with Gasteiger partial charge in [-0.15, -0.1) is 5.10 Å². The summed E-state index contributed by atoms with van der Waals surface area (Å²) in [4.78, 5) is 15.4. The van der Waals surface area contributed by atoms with Crippen LogP contribution in [0.15, 0.2) is 42.7 Å². The molecule has 0 saturated carbocycles. The van der Waals surface area contributed by atoms with Gasteiger partial charge in [0.05, 0.1) is 5.69 Å². The number of aromatic nitrogens is 4. The zero-order chi connectivity index (χ0) is 15.7. The van der Waals surface area contributed by atoms with Gasteiger partial charge >= 0.3 is 5.97 Å². The third-order valence-corrected chi connectivity index (χ3v) is 3.56. The van der Waals surface area contributed by atoms with E-state index in [-0.39, 0.29) is 5.69 Å². The Hall–Kier alpha value is -3.02. The minimum Gasteiger partial charge on any atom is -0.476 e. The normalized spacial score (nSPS) is 10.6. The quantitative estimate of drug-likeness (QED) is 0.803. The Kier molecular flexibility index (Phi) is 3.42. The predicted octanol–water partition coefficient (Wildman–Crippen LogP) is 2.64. The molecule has 1 aromatic carbocycles. The molecule has 0 bridgehead atoms. The molecule has 22 heavy (non-hydrogen) atoms. The van der Waals surface area contributed by atoms with Crippen molar-refractivity contribution in [3.8, 4) is 16.9 Å². The molecule has 0 saturated heterocycles. The number of benzene rings is 1. The van der Waals surface area contributed by atoms with E-state index >= 15 is 0 Å². The van der Waals surface area contributed by atoms with Crippen LogP contribution in [0.2, 0.25) is 0 Å². The van der Waals surface area contributed by atoms with Gasteiger partial charge in [0.15, 0.2) is 5.69 Å². The fourth-order valence-electron chi connectivity index (χ4n) is 2.23. The molecule has 3 rings (SSSR count). The minimum absolute atomic E-state index is 0.0792. The predicted molar refractivity (Wildman–Crippen MR) is 81.0 cm³/mol. The molecule has 0 radical (unpaired) electrons. The van der Waals surface area contributed by atoms with Gasteiger partial charge in [-0.2, -0.15) is 0 Å². The van der Waals surface area contributed by atoms with Crippen molar-refractivity contribution in [3.63, 3.8) is 0 Å². The number of pyridine rings is 1. The van der Waals surface area contributed by atoms with Gasteiger partial charge in [-0.25, -0.2) is 9.48 Å². The standard InChI is InChI=1S/C16H14N4O2/c1-10-3-4-13(9-11(10)2)20-15(12-5-7-17-8-6-12)14(16(21)22)18-19-20/h3-9H,1-2H3,(H,21,22). The number of hydrogen-bond acceptors (Lipinski definition) is 4. The second-order valence-corrected chi connectivity index (χ2v) is 5.01. The second kappa shape index (κ2) is 5.40. The molecule has 110 valence electrons. The van der Waals surface area contributed by atoms with E-state index in [0.29, 0.717) is 11.3 Å². The molecule has 6 nitrogen and oxygen atoms in total. The highest BCUT2D eigenvalue weighted by Crippen LogP contribution is 2.25. The van der Waals surface area contributed by atoms with E-state index in [1.54, 1.807) is 29.2 Å². The molecule has 2 heterocycles. The fourth-order valence-corrected chi connectivity index (χ4v) is 2.23. The third-order valence-electron chi connectivity index (χ3n) is 3.56. The Bertz CT molecular complexity index is 841. The molecule has 0 fully saturated rings. The van der Waals surface area contributed by atoms with Gasteiger partial charge in [0.1, 0.15) is 5.69 Å². The van der Waals surface area contributed by atoms with Crippen LogP contribution in [-0.2, 0) is 0 Å². The molecule has 0 amide bonds. The summed E-state index contributed by atoms with van der Waals surface area (Å²) in [5, 5.41) is 17.2. The SMILES string of the molecule is Cc1ccc(-n2nnc(C(=O)O)c2-c2ccncc2)cc1C. The molecule has 1 N–H and O–H groups in total. The zero-order valence-corrected chi connectivity index (χ0v) is 12.2. The fraction of sp³-hybridized carbons (Fsp3) is 0.125. The van der Waals surface area contributed by atoms with Crippen LogP contribution in [0.4, 0.5) is 0 Å². The summed E-state index contributed by atoms with van der Waals surface area (Å²) < 4.78 is 1.55. The Morgan fingerprint density at radius 2 is 1.82 bits per heavy atom. The van der Waals surface area contributed by atoms with Crippen LogP contribution in [0.3, 0.4) is 0 Å². The molecule has 0 spiro atoms. The maximum absolute atomic E-state index is 11.4. The maximum Gasteiger partial charge on any atom is 0.358 e. The van der Waals surface area contributed by atoms with Crippen LogP contribution in [0.1, 0.15) is 21.6 Å². The molecule has 2 aromatic heterocycles. The van der Waals surface area contributed by atoms with Gasteiger partial charge in [-0.3, -0.25) is 4.98 Å². The van der Waals surface area contributed by atoms with Gasteiger partial charge < -0.3 is 5.11 Å². The average Bonchev–Trinajstić information content (AvgIpc) is 2.96. The van der Waals surface area contributed by atoms with Crippen molar-refractivity contribution in [3.05, 3.63) is 59.5 Å². The Balaban J connectivity index is 2.24. The van der Waals surface area contributed by atoms with E-state index in [9.17, 15) is 9.90 Å². The van der Waals surface area contributed by atoms with Gasteiger partial charge in [-0.1, -0.05) is 11.3 Å². The lowest BCUT2D eigenvalue weighted by Crippen LogP contribution is -2.03. The molecule has 3 aromatic rings. The van der Waals surface area contributed by atoms with Crippen molar-refractivity contribution in [1.82, 2.24) is 20.0 Å². The summed E-state index contributed by atoms with van der Waals surface area (Å²) in [7, 11) is 0.